The topological polar surface area (TPSA) is 74.5 Å². The van der Waals surface area contributed by atoms with Gasteiger partial charge in [-0.15, -0.1) is 0 Å². The Balaban J connectivity index is 3.04. The van der Waals surface area contributed by atoms with E-state index in [0.29, 0.717) is 37.1 Å². The summed E-state index contributed by atoms with van der Waals surface area (Å²) in [6, 6.07) is 0. The van der Waals surface area contributed by atoms with Gasteiger partial charge in [0, 0.05) is 7.11 Å². The van der Waals surface area contributed by atoms with Gasteiger partial charge in [-0.25, -0.2) is 0 Å². The van der Waals surface area contributed by atoms with Gasteiger partial charge in [0.25, 0.3) is 0 Å². The summed E-state index contributed by atoms with van der Waals surface area (Å²) >= 11 is 0. The SMILES string of the molecule is CCOC(=O)C(CC(C)C)c1nc(C(C)(CC)OC)no1. The highest BCUT2D eigenvalue weighted by Gasteiger charge is 2.34. The zero-order valence-corrected chi connectivity index (χ0v) is 13.8. The molecule has 0 fully saturated rings. The van der Waals surface area contributed by atoms with Crippen LogP contribution in [0.15, 0.2) is 4.52 Å². The lowest BCUT2D eigenvalue weighted by Gasteiger charge is -2.22. The van der Waals surface area contributed by atoms with E-state index in [1.165, 1.54) is 0 Å². The summed E-state index contributed by atoms with van der Waals surface area (Å²) in [5.74, 6) is 0.227. The molecule has 6 nitrogen and oxygen atoms in total. The first-order valence-corrected chi connectivity index (χ1v) is 7.43. The Bertz CT molecular complexity index is 452. The number of carbonyl (C=O) groups excluding carboxylic acids is 1. The second-order valence-electron chi connectivity index (χ2n) is 5.68. The van der Waals surface area contributed by atoms with Gasteiger partial charge >= 0.3 is 5.97 Å². The summed E-state index contributed by atoms with van der Waals surface area (Å²) in [6.45, 7) is 10.1. The Morgan fingerprint density at radius 3 is 2.52 bits per heavy atom. The number of nitrogens with zero attached hydrogens (tertiary/aromatic N) is 2. The van der Waals surface area contributed by atoms with Gasteiger partial charge in [0.15, 0.2) is 0 Å². The number of hydrogen-bond donors (Lipinski definition) is 0. The standard InChI is InChI=1S/C15H26N2O4/c1-7-15(5,19-6)14-16-12(21-17-14)11(9-10(3)4)13(18)20-8-2/h10-11H,7-9H2,1-6H3. The van der Waals surface area contributed by atoms with E-state index in [0.717, 1.165) is 0 Å². The van der Waals surface area contributed by atoms with Gasteiger partial charge in [-0.2, -0.15) is 4.98 Å². The van der Waals surface area contributed by atoms with Gasteiger partial charge in [-0.3, -0.25) is 4.79 Å². The number of carbonyl (C=O) groups is 1. The van der Waals surface area contributed by atoms with E-state index in [-0.39, 0.29) is 5.97 Å². The monoisotopic (exact) mass is 298 g/mol. The van der Waals surface area contributed by atoms with Crippen molar-refractivity contribution in [1.82, 2.24) is 10.1 Å². The molecule has 0 spiro atoms. The first kappa shape index (κ1) is 17.6. The van der Waals surface area contributed by atoms with Gasteiger partial charge in [0.05, 0.1) is 6.61 Å². The van der Waals surface area contributed by atoms with Crippen LogP contribution in [-0.2, 0) is 19.9 Å². The highest BCUT2D eigenvalue weighted by molar-refractivity contribution is 5.76. The molecular weight excluding hydrogens is 272 g/mol. The lowest BCUT2D eigenvalue weighted by molar-refractivity contribution is -0.146. The first-order chi connectivity index (χ1) is 9.87. The van der Waals surface area contributed by atoms with Crippen LogP contribution in [0.25, 0.3) is 0 Å². The van der Waals surface area contributed by atoms with Crippen molar-refractivity contribution >= 4 is 5.97 Å². The second-order valence-corrected chi connectivity index (χ2v) is 5.68. The molecule has 120 valence electrons. The fourth-order valence-corrected chi connectivity index (χ4v) is 2.00. The maximum absolute atomic E-state index is 12.1. The smallest absolute Gasteiger partial charge is 0.318 e. The van der Waals surface area contributed by atoms with Crippen LogP contribution < -0.4 is 0 Å². The Morgan fingerprint density at radius 2 is 2.05 bits per heavy atom. The average molecular weight is 298 g/mol. The Kier molecular flexibility index (Phi) is 6.33. The maximum Gasteiger partial charge on any atom is 0.318 e. The molecule has 0 radical (unpaired) electrons. The minimum atomic E-state index is -0.612. The summed E-state index contributed by atoms with van der Waals surface area (Å²) in [6.07, 6.45) is 1.31. The fourth-order valence-electron chi connectivity index (χ4n) is 2.00. The van der Waals surface area contributed by atoms with Gasteiger partial charge in [-0.1, -0.05) is 25.9 Å². The zero-order chi connectivity index (χ0) is 16.0. The molecule has 0 aromatic carbocycles. The van der Waals surface area contributed by atoms with Gasteiger partial charge < -0.3 is 14.0 Å². The summed E-state index contributed by atoms with van der Waals surface area (Å²) in [4.78, 5) is 16.5. The third-order valence-electron chi connectivity index (χ3n) is 3.62. The van der Waals surface area contributed by atoms with E-state index in [2.05, 4.69) is 10.1 Å². The van der Waals surface area contributed by atoms with Crippen LogP contribution in [0.2, 0.25) is 0 Å². The molecule has 1 aromatic heterocycles. The molecule has 2 atom stereocenters. The molecule has 0 amide bonds. The van der Waals surface area contributed by atoms with Crippen LogP contribution in [0.3, 0.4) is 0 Å². The van der Waals surface area contributed by atoms with Crippen molar-refractivity contribution in [3.63, 3.8) is 0 Å². The molecule has 0 bridgehead atoms. The average Bonchev–Trinajstić information content (AvgIpc) is 2.94. The van der Waals surface area contributed by atoms with Gasteiger partial charge in [0.1, 0.15) is 11.5 Å². The molecule has 0 aliphatic carbocycles. The van der Waals surface area contributed by atoms with E-state index in [4.69, 9.17) is 14.0 Å². The molecule has 6 heteroatoms. The number of esters is 1. The summed E-state index contributed by atoms with van der Waals surface area (Å²) in [5.41, 5.74) is -0.612. The number of rotatable bonds is 8. The molecule has 1 aromatic rings. The van der Waals surface area contributed by atoms with E-state index in [9.17, 15) is 4.79 Å². The minimum absolute atomic E-state index is 0.300. The molecule has 1 rings (SSSR count). The van der Waals surface area contributed by atoms with Crippen molar-refractivity contribution in [2.45, 2.75) is 59.0 Å². The van der Waals surface area contributed by atoms with Crippen molar-refractivity contribution < 1.29 is 18.8 Å². The van der Waals surface area contributed by atoms with Gasteiger partial charge in [0.2, 0.25) is 11.7 Å². The zero-order valence-electron chi connectivity index (χ0n) is 13.8. The van der Waals surface area contributed by atoms with Crippen LogP contribution in [0, 0.1) is 5.92 Å². The third-order valence-corrected chi connectivity index (χ3v) is 3.62. The van der Waals surface area contributed by atoms with E-state index < -0.39 is 11.5 Å². The molecule has 2 unspecified atom stereocenters. The van der Waals surface area contributed by atoms with Crippen LogP contribution >= 0.6 is 0 Å². The van der Waals surface area contributed by atoms with Crippen LogP contribution in [-0.4, -0.2) is 29.8 Å². The van der Waals surface area contributed by atoms with Crippen molar-refractivity contribution in [3.05, 3.63) is 11.7 Å². The van der Waals surface area contributed by atoms with Crippen molar-refractivity contribution in [2.24, 2.45) is 5.92 Å². The summed E-state index contributed by atoms with van der Waals surface area (Å²) in [7, 11) is 1.61. The first-order valence-electron chi connectivity index (χ1n) is 7.43. The fraction of sp³-hybridized carbons (Fsp3) is 0.800. The molecule has 0 N–H and O–H groups in total. The number of ether oxygens (including phenoxy) is 2. The minimum Gasteiger partial charge on any atom is -0.465 e. The molecule has 0 saturated heterocycles. The Labute approximate surface area is 126 Å². The molecule has 21 heavy (non-hydrogen) atoms. The quantitative estimate of drug-likeness (QED) is 0.687. The molecule has 0 aliphatic heterocycles. The predicted octanol–water partition coefficient (Wildman–Crippen LogP) is 3.03. The normalized spacial score (nSPS) is 15.8. The molecule has 0 saturated carbocycles. The van der Waals surface area contributed by atoms with E-state index >= 15 is 0 Å². The van der Waals surface area contributed by atoms with Crippen LogP contribution in [0.1, 0.15) is 65.1 Å². The maximum atomic E-state index is 12.1. The van der Waals surface area contributed by atoms with E-state index in [1.54, 1.807) is 14.0 Å². The molecular formula is C15H26N2O4. The summed E-state index contributed by atoms with van der Waals surface area (Å²) in [5, 5.41) is 3.98. The Morgan fingerprint density at radius 1 is 1.38 bits per heavy atom. The highest BCUT2D eigenvalue weighted by atomic mass is 16.5. The van der Waals surface area contributed by atoms with Crippen molar-refractivity contribution in [3.8, 4) is 0 Å². The molecule has 1 heterocycles. The largest absolute Gasteiger partial charge is 0.465 e. The summed E-state index contributed by atoms with van der Waals surface area (Å²) < 4.78 is 15.9. The van der Waals surface area contributed by atoms with Crippen molar-refractivity contribution in [1.29, 1.82) is 0 Å². The highest BCUT2D eigenvalue weighted by Crippen LogP contribution is 2.29. The number of hydrogen-bond acceptors (Lipinski definition) is 6. The molecule has 0 aliphatic rings. The van der Waals surface area contributed by atoms with Crippen LogP contribution in [0.4, 0.5) is 0 Å². The predicted molar refractivity (Wildman–Crippen MR) is 77.8 cm³/mol. The van der Waals surface area contributed by atoms with Crippen LogP contribution in [0.5, 0.6) is 0 Å². The van der Waals surface area contributed by atoms with E-state index in [1.807, 2.05) is 27.7 Å². The van der Waals surface area contributed by atoms with Crippen molar-refractivity contribution in [2.75, 3.05) is 13.7 Å². The number of aromatic nitrogens is 2. The number of methoxy groups -OCH3 is 1. The lowest BCUT2D eigenvalue weighted by Crippen LogP contribution is -2.25. The van der Waals surface area contributed by atoms with Gasteiger partial charge in [-0.05, 0) is 32.6 Å². The second kappa shape index (κ2) is 7.54. The lowest BCUT2D eigenvalue weighted by atomic mass is 9.97. The Hall–Kier alpha value is -1.43. The third kappa shape index (κ3) is 4.27.